The third-order valence-corrected chi connectivity index (χ3v) is 4.02. The summed E-state index contributed by atoms with van der Waals surface area (Å²) >= 11 is 3.41. The van der Waals surface area contributed by atoms with Gasteiger partial charge in [-0.3, -0.25) is 9.59 Å². The minimum absolute atomic E-state index is 0.00580. The zero-order valence-electron chi connectivity index (χ0n) is 9.42. The summed E-state index contributed by atoms with van der Waals surface area (Å²) in [6, 6.07) is 0. The van der Waals surface area contributed by atoms with Crippen molar-refractivity contribution < 1.29 is 9.59 Å². The summed E-state index contributed by atoms with van der Waals surface area (Å²) in [5, 5.41) is 0.813. The van der Waals surface area contributed by atoms with Crippen molar-refractivity contribution in [3.8, 4) is 0 Å². The SMILES string of the molecule is CN1CCN(CC(C)(C)CBr)C(=O)C1=O. The zero-order valence-corrected chi connectivity index (χ0v) is 11.0. The predicted molar refractivity (Wildman–Crippen MR) is 61.8 cm³/mol. The fourth-order valence-corrected chi connectivity index (χ4v) is 1.66. The average Bonchev–Trinajstić information content (AvgIpc) is 2.19. The Morgan fingerprint density at radius 2 is 1.87 bits per heavy atom. The van der Waals surface area contributed by atoms with Crippen LogP contribution in [0.2, 0.25) is 0 Å². The molecule has 0 radical (unpaired) electrons. The van der Waals surface area contributed by atoms with Gasteiger partial charge >= 0.3 is 11.8 Å². The second kappa shape index (κ2) is 4.51. The number of hydrogen-bond donors (Lipinski definition) is 0. The van der Waals surface area contributed by atoms with Crippen molar-refractivity contribution in [2.24, 2.45) is 5.41 Å². The fourth-order valence-electron chi connectivity index (χ4n) is 1.48. The Morgan fingerprint density at radius 1 is 1.27 bits per heavy atom. The summed E-state index contributed by atoms with van der Waals surface area (Å²) in [5.41, 5.74) is 0.00580. The van der Waals surface area contributed by atoms with E-state index in [1.165, 1.54) is 4.90 Å². The fraction of sp³-hybridized carbons (Fsp3) is 0.800. The van der Waals surface area contributed by atoms with Crippen LogP contribution in [0.3, 0.4) is 0 Å². The van der Waals surface area contributed by atoms with Crippen LogP contribution in [-0.4, -0.2) is 53.6 Å². The van der Waals surface area contributed by atoms with Gasteiger partial charge in [-0.05, 0) is 5.41 Å². The number of piperazine rings is 1. The second-order valence-corrected chi connectivity index (χ2v) is 5.31. The molecule has 2 amide bonds. The molecule has 15 heavy (non-hydrogen) atoms. The molecule has 0 N–H and O–H groups in total. The highest BCUT2D eigenvalue weighted by Crippen LogP contribution is 2.20. The molecular formula is C10H17BrN2O2. The minimum Gasteiger partial charge on any atom is -0.336 e. The van der Waals surface area contributed by atoms with Crippen LogP contribution in [0.4, 0.5) is 0 Å². The molecule has 1 aliphatic rings. The van der Waals surface area contributed by atoms with Gasteiger partial charge in [0.1, 0.15) is 0 Å². The van der Waals surface area contributed by atoms with Gasteiger partial charge in [-0.2, -0.15) is 0 Å². The minimum atomic E-state index is -0.397. The maximum Gasteiger partial charge on any atom is 0.312 e. The van der Waals surface area contributed by atoms with Crippen LogP contribution in [-0.2, 0) is 9.59 Å². The lowest BCUT2D eigenvalue weighted by Gasteiger charge is -2.36. The van der Waals surface area contributed by atoms with Crippen LogP contribution in [0.25, 0.3) is 0 Å². The molecule has 0 spiro atoms. The lowest BCUT2D eigenvalue weighted by molar-refractivity contribution is -0.155. The summed E-state index contributed by atoms with van der Waals surface area (Å²) < 4.78 is 0. The van der Waals surface area contributed by atoms with Crippen molar-refractivity contribution in [2.75, 3.05) is 32.0 Å². The maximum absolute atomic E-state index is 11.6. The molecule has 0 aromatic rings. The second-order valence-electron chi connectivity index (χ2n) is 4.75. The third-order valence-electron chi connectivity index (χ3n) is 2.50. The van der Waals surface area contributed by atoms with E-state index >= 15 is 0 Å². The Kier molecular flexibility index (Phi) is 3.76. The van der Waals surface area contributed by atoms with Gasteiger partial charge < -0.3 is 9.80 Å². The molecule has 86 valence electrons. The van der Waals surface area contributed by atoms with E-state index < -0.39 is 5.91 Å². The molecule has 0 aromatic carbocycles. The van der Waals surface area contributed by atoms with Gasteiger partial charge in [-0.1, -0.05) is 29.8 Å². The number of carbonyl (C=O) groups excluding carboxylic acids is 2. The molecule has 1 rings (SSSR count). The molecule has 4 nitrogen and oxygen atoms in total. The maximum atomic E-state index is 11.6. The number of nitrogens with zero attached hydrogens (tertiary/aromatic N) is 2. The highest BCUT2D eigenvalue weighted by Gasteiger charge is 2.33. The van der Waals surface area contributed by atoms with Crippen molar-refractivity contribution >= 4 is 27.7 Å². The Hall–Kier alpha value is -0.580. The number of halogens is 1. The monoisotopic (exact) mass is 276 g/mol. The van der Waals surface area contributed by atoms with E-state index in [2.05, 4.69) is 29.8 Å². The first-order valence-electron chi connectivity index (χ1n) is 4.98. The lowest BCUT2D eigenvalue weighted by Crippen LogP contribution is -2.55. The van der Waals surface area contributed by atoms with Crippen molar-refractivity contribution in [3.05, 3.63) is 0 Å². The van der Waals surface area contributed by atoms with Crippen LogP contribution in [0.15, 0.2) is 0 Å². The largest absolute Gasteiger partial charge is 0.336 e. The van der Waals surface area contributed by atoms with Crippen LogP contribution >= 0.6 is 15.9 Å². The third kappa shape index (κ3) is 2.93. The number of amides is 2. The van der Waals surface area contributed by atoms with Gasteiger partial charge in [0.2, 0.25) is 0 Å². The molecule has 0 atom stereocenters. The summed E-state index contributed by atoms with van der Waals surface area (Å²) in [5.74, 6) is -0.774. The van der Waals surface area contributed by atoms with E-state index in [1.54, 1.807) is 11.9 Å². The molecule has 1 saturated heterocycles. The highest BCUT2D eigenvalue weighted by molar-refractivity contribution is 9.09. The smallest absolute Gasteiger partial charge is 0.312 e. The van der Waals surface area contributed by atoms with E-state index in [0.717, 1.165) is 5.33 Å². The Morgan fingerprint density at radius 3 is 2.40 bits per heavy atom. The van der Waals surface area contributed by atoms with Crippen LogP contribution in [0.5, 0.6) is 0 Å². The van der Waals surface area contributed by atoms with Crippen LogP contribution < -0.4 is 0 Å². The summed E-state index contributed by atoms with van der Waals surface area (Å²) in [7, 11) is 1.66. The molecule has 5 heteroatoms. The Labute approximate surface area is 98.7 Å². The van der Waals surface area contributed by atoms with Crippen LogP contribution in [0, 0.1) is 5.41 Å². The summed E-state index contributed by atoms with van der Waals surface area (Å²) in [6.07, 6.45) is 0. The summed E-state index contributed by atoms with van der Waals surface area (Å²) in [4.78, 5) is 26.2. The lowest BCUT2D eigenvalue weighted by atomic mass is 9.95. The highest BCUT2D eigenvalue weighted by atomic mass is 79.9. The zero-order chi connectivity index (χ0) is 11.6. The van der Waals surface area contributed by atoms with E-state index in [9.17, 15) is 9.59 Å². The number of rotatable bonds is 3. The molecule has 0 unspecified atom stereocenters. The predicted octanol–water partition coefficient (Wildman–Crippen LogP) is 0.708. The molecule has 1 heterocycles. The average molecular weight is 277 g/mol. The molecule has 0 saturated carbocycles. The first-order valence-corrected chi connectivity index (χ1v) is 6.10. The topological polar surface area (TPSA) is 40.6 Å². The van der Waals surface area contributed by atoms with E-state index in [4.69, 9.17) is 0 Å². The van der Waals surface area contributed by atoms with Gasteiger partial charge in [0.15, 0.2) is 0 Å². The van der Waals surface area contributed by atoms with Crippen molar-refractivity contribution in [2.45, 2.75) is 13.8 Å². The number of carbonyl (C=O) groups is 2. The molecule has 0 aliphatic carbocycles. The quantitative estimate of drug-likeness (QED) is 0.563. The van der Waals surface area contributed by atoms with Crippen LogP contribution in [0.1, 0.15) is 13.8 Å². The molecule has 0 aromatic heterocycles. The first kappa shape index (κ1) is 12.5. The van der Waals surface area contributed by atoms with Gasteiger partial charge in [0.25, 0.3) is 0 Å². The van der Waals surface area contributed by atoms with Gasteiger partial charge in [0.05, 0.1) is 0 Å². The Balaban J connectivity index is 2.65. The van der Waals surface area contributed by atoms with Gasteiger partial charge in [-0.15, -0.1) is 0 Å². The molecule has 1 aliphatic heterocycles. The Bertz CT molecular complexity index is 279. The number of hydrogen-bond acceptors (Lipinski definition) is 2. The number of alkyl halides is 1. The summed E-state index contributed by atoms with van der Waals surface area (Å²) in [6.45, 7) is 6.02. The first-order chi connectivity index (χ1) is 6.87. The molecule has 1 fully saturated rings. The molecular weight excluding hydrogens is 260 g/mol. The van der Waals surface area contributed by atoms with Crippen molar-refractivity contribution in [1.82, 2.24) is 9.80 Å². The normalized spacial score (nSPS) is 18.7. The number of likely N-dealkylation sites (N-methyl/N-ethyl adjacent to an activating group) is 1. The molecule has 0 bridgehead atoms. The van der Waals surface area contributed by atoms with Gasteiger partial charge in [-0.25, -0.2) is 0 Å². The van der Waals surface area contributed by atoms with E-state index in [-0.39, 0.29) is 11.3 Å². The van der Waals surface area contributed by atoms with Crippen molar-refractivity contribution in [1.29, 1.82) is 0 Å². The standard InChI is InChI=1S/C10H17BrN2O2/c1-10(2,6-11)7-13-5-4-12(3)8(14)9(13)15/h4-7H2,1-3H3. The van der Waals surface area contributed by atoms with E-state index in [0.29, 0.717) is 19.6 Å². The van der Waals surface area contributed by atoms with Gasteiger partial charge in [0, 0.05) is 32.0 Å². The van der Waals surface area contributed by atoms with E-state index in [1.807, 2.05) is 0 Å². The van der Waals surface area contributed by atoms with Crippen molar-refractivity contribution in [3.63, 3.8) is 0 Å².